The molecule has 2 heteroatoms. The van der Waals surface area contributed by atoms with Crippen molar-refractivity contribution in [1.82, 2.24) is 0 Å². The number of methoxy groups -OCH3 is 1. The molecule has 0 aromatic heterocycles. The van der Waals surface area contributed by atoms with E-state index in [1.807, 2.05) is 13.8 Å². The Labute approximate surface area is 60.4 Å². The van der Waals surface area contributed by atoms with Gasteiger partial charge in [0.15, 0.2) is 0 Å². The maximum absolute atomic E-state index is 10.8. The fourth-order valence-corrected chi connectivity index (χ4v) is 0.458. The quantitative estimate of drug-likeness (QED) is 0.546. The van der Waals surface area contributed by atoms with Gasteiger partial charge in [0, 0.05) is 6.42 Å². The third kappa shape index (κ3) is 5.34. The molecule has 0 aliphatic carbocycles. The second-order valence-corrected chi connectivity index (χ2v) is 2.41. The smallest absolute Gasteiger partial charge is 0.305 e. The van der Waals surface area contributed by atoms with E-state index in [0.29, 0.717) is 12.3 Å². The van der Waals surface area contributed by atoms with Gasteiger partial charge in [-0.05, 0) is 12.3 Å². The first-order valence-electron chi connectivity index (χ1n) is 4.53. The van der Waals surface area contributed by atoms with Gasteiger partial charge in [0.05, 0.1) is 11.2 Å². The van der Waals surface area contributed by atoms with E-state index in [9.17, 15) is 4.79 Å². The van der Waals surface area contributed by atoms with Gasteiger partial charge in [-0.15, -0.1) is 0 Å². The van der Waals surface area contributed by atoms with Crippen LogP contribution in [0.25, 0.3) is 0 Å². The molecule has 9 heavy (non-hydrogen) atoms. The van der Waals surface area contributed by atoms with Crippen LogP contribution in [0.4, 0.5) is 0 Å². The van der Waals surface area contributed by atoms with Crippen LogP contribution in [0.15, 0.2) is 0 Å². The van der Waals surface area contributed by atoms with Crippen molar-refractivity contribution in [3.8, 4) is 0 Å². The van der Waals surface area contributed by atoms with Gasteiger partial charge < -0.3 is 4.74 Å². The summed E-state index contributed by atoms with van der Waals surface area (Å²) in [7, 11) is -2.59. The van der Waals surface area contributed by atoms with Crippen LogP contribution < -0.4 is 0 Å². The van der Waals surface area contributed by atoms with Crippen molar-refractivity contribution in [2.24, 2.45) is 5.92 Å². The van der Waals surface area contributed by atoms with Crippen molar-refractivity contribution in [1.29, 1.82) is 0 Å². The van der Waals surface area contributed by atoms with Gasteiger partial charge in [-0.25, -0.2) is 0 Å². The summed E-state index contributed by atoms with van der Waals surface area (Å²) in [4.78, 5) is 10.8. The van der Waals surface area contributed by atoms with Gasteiger partial charge in [-0.2, -0.15) is 0 Å². The van der Waals surface area contributed by atoms with E-state index >= 15 is 0 Å². The molecule has 0 saturated carbocycles. The summed E-state index contributed by atoms with van der Waals surface area (Å²) in [6.07, 6.45) is 0.838. The molecule has 0 radical (unpaired) electrons. The minimum absolute atomic E-state index is 0.177. The van der Waals surface area contributed by atoms with Crippen molar-refractivity contribution >= 4 is 5.97 Å². The number of carbonyl (C=O) groups is 1. The standard InChI is InChI=1S/C7H14O2/c1-6(2)4-5-7(8)9-3/h6H,4-5H2,1-3H3/i3D3. The zero-order valence-electron chi connectivity index (χ0n) is 8.81. The molecule has 54 valence electrons. The van der Waals surface area contributed by atoms with E-state index in [4.69, 9.17) is 4.11 Å². The third-order valence-corrected chi connectivity index (χ3v) is 1.04. The second kappa shape index (κ2) is 4.36. The molecule has 0 atom stereocenters. The van der Waals surface area contributed by atoms with Crippen LogP contribution in [0.3, 0.4) is 0 Å². The van der Waals surface area contributed by atoms with Crippen LogP contribution in [0.5, 0.6) is 0 Å². The summed E-state index contributed by atoms with van der Waals surface area (Å²) in [5.74, 6) is -0.266. The predicted octanol–water partition coefficient (Wildman–Crippen LogP) is 1.60. The summed E-state index contributed by atoms with van der Waals surface area (Å²) in [6.45, 7) is 3.92. The molecular weight excluding hydrogens is 116 g/mol. The minimum atomic E-state index is -2.59. The highest BCUT2D eigenvalue weighted by Gasteiger charge is 2.00. The first-order chi connectivity index (χ1) is 5.31. The Hall–Kier alpha value is -0.530. The van der Waals surface area contributed by atoms with E-state index in [1.165, 1.54) is 0 Å². The summed E-state index contributed by atoms with van der Waals surface area (Å²) in [5, 5.41) is 0. The Morgan fingerprint density at radius 2 is 2.44 bits per heavy atom. The molecule has 0 aromatic carbocycles. The normalized spacial score (nSPS) is 16.1. The van der Waals surface area contributed by atoms with Crippen molar-refractivity contribution < 1.29 is 13.6 Å². The Morgan fingerprint density at radius 1 is 1.78 bits per heavy atom. The zero-order valence-corrected chi connectivity index (χ0v) is 5.81. The molecule has 0 heterocycles. The fraction of sp³-hybridized carbons (Fsp3) is 0.857. The monoisotopic (exact) mass is 133 g/mol. The number of ether oxygens (including phenoxy) is 1. The molecule has 0 aliphatic rings. The van der Waals surface area contributed by atoms with Crippen molar-refractivity contribution in [3.05, 3.63) is 0 Å². The number of rotatable bonds is 3. The van der Waals surface area contributed by atoms with E-state index < -0.39 is 13.0 Å². The predicted molar refractivity (Wildman–Crippen MR) is 36.1 cm³/mol. The molecule has 0 N–H and O–H groups in total. The lowest BCUT2D eigenvalue weighted by Gasteiger charge is -2.00. The Morgan fingerprint density at radius 3 is 2.89 bits per heavy atom. The number of hydrogen-bond donors (Lipinski definition) is 0. The molecule has 0 fully saturated rings. The van der Waals surface area contributed by atoms with Crippen LogP contribution in [0.1, 0.15) is 30.8 Å². The molecule has 0 rings (SSSR count). The third-order valence-electron chi connectivity index (χ3n) is 1.04. The lowest BCUT2D eigenvalue weighted by Crippen LogP contribution is -2.01. The number of esters is 1. The largest absolute Gasteiger partial charge is 0.469 e. The maximum atomic E-state index is 10.8. The van der Waals surface area contributed by atoms with E-state index in [1.54, 1.807) is 0 Å². The van der Waals surface area contributed by atoms with Gasteiger partial charge in [0.1, 0.15) is 0 Å². The average molecular weight is 133 g/mol. The van der Waals surface area contributed by atoms with Gasteiger partial charge >= 0.3 is 5.97 Å². The van der Waals surface area contributed by atoms with Gasteiger partial charge in [-0.1, -0.05) is 13.8 Å². The van der Waals surface area contributed by atoms with Gasteiger partial charge in [0.2, 0.25) is 0 Å². The number of hydrogen-bond acceptors (Lipinski definition) is 2. The fourth-order valence-electron chi connectivity index (χ4n) is 0.458. The molecular formula is C7H14O2. The molecule has 0 aromatic rings. The van der Waals surface area contributed by atoms with Gasteiger partial charge in [-0.3, -0.25) is 4.79 Å². The van der Waals surface area contributed by atoms with Crippen LogP contribution in [-0.2, 0) is 9.53 Å². The van der Waals surface area contributed by atoms with Crippen LogP contribution in [-0.4, -0.2) is 13.0 Å². The lowest BCUT2D eigenvalue weighted by molar-refractivity contribution is -0.140. The molecule has 0 unspecified atom stereocenters. The van der Waals surface area contributed by atoms with Gasteiger partial charge in [0.25, 0.3) is 0 Å². The van der Waals surface area contributed by atoms with E-state index in [-0.39, 0.29) is 6.42 Å². The van der Waals surface area contributed by atoms with Crippen molar-refractivity contribution in [2.75, 3.05) is 7.04 Å². The summed E-state index contributed by atoms with van der Waals surface area (Å²) >= 11 is 0. The summed E-state index contributed by atoms with van der Waals surface area (Å²) in [5.41, 5.74) is 0. The minimum Gasteiger partial charge on any atom is -0.469 e. The Bertz CT molecular complexity index is 151. The van der Waals surface area contributed by atoms with E-state index in [0.717, 1.165) is 0 Å². The van der Waals surface area contributed by atoms with Crippen LogP contribution >= 0.6 is 0 Å². The van der Waals surface area contributed by atoms with Crippen molar-refractivity contribution in [3.63, 3.8) is 0 Å². The SMILES string of the molecule is [2H]C([2H])([2H])OC(=O)CCC(C)C. The molecule has 2 nitrogen and oxygen atoms in total. The second-order valence-electron chi connectivity index (χ2n) is 2.41. The first-order valence-corrected chi connectivity index (χ1v) is 3.03. The average Bonchev–Trinajstić information content (AvgIpc) is 1.79. The highest BCUT2D eigenvalue weighted by atomic mass is 16.5. The molecule has 0 saturated heterocycles. The Balaban J connectivity index is 3.61. The van der Waals surface area contributed by atoms with Crippen LogP contribution in [0.2, 0.25) is 0 Å². The molecule has 0 bridgehead atoms. The maximum Gasteiger partial charge on any atom is 0.305 e. The van der Waals surface area contributed by atoms with Crippen LogP contribution in [0, 0.1) is 5.92 Å². The molecule has 0 spiro atoms. The highest BCUT2D eigenvalue weighted by Crippen LogP contribution is 2.03. The lowest BCUT2D eigenvalue weighted by atomic mass is 10.1. The Kier molecular flexibility index (Phi) is 2.09. The number of carbonyl (C=O) groups excluding carboxylic acids is 1. The van der Waals surface area contributed by atoms with Crippen molar-refractivity contribution in [2.45, 2.75) is 26.7 Å². The summed E-state index contributed by atoms with van der Waals surface area (Å²) in [6, 6.07) is 0. The summed E-state index contributed by atoms with van der Waals surface area (Å²) < 4.78 is 24.1. The zero-order chi connectivity index (χ0) is 9.78. The highest BCUT2D eigenvalue weighted by molar-refractivity contribution is 5.68. The molecule has 0 amide bonds. The topological polar surface area (TPSA) is 26.3 Å². The molecule has 0 aliphatic heterocycles. The first kappa shape index (κ1) is 4.31. The van der Waals surface area contributed by atoms with E-state index in [2.05, 4.69) is 4.74 Å².